The largest absolute Gasteiger partial charge is 0.465 e. The van der Waals surface area contributed by atoms with Crippen molar-refractivity contribution >= 4 is 28.7 Å². The molecule has 15 heavy (non-hydrogen) atoms. The van der Waals surface area contributed by atoms with Gasteiger partial charge >= 0.3 is 6.09 Å². The summed E-state index contributed by atoms with van der Waals surface area (Å²) in [6.45, 7) is 3.50. The van der Waals surface area contributed by atoms with Crippen LogP contribution in [0.1, 0.15) is 11.6 Å². The topological polar surface area (TPSA) is 49.3 Å². The van der Waals surface area contributed by atoms with Gasteiger partial charge in [0.2, 0.25) is 0 Å². The summed E-state index contributed by atoms with van der Waals surface area (Å²) in [7, 11) is 0. The maximum Gasteiger partial charge on any atom is 0.405 e. The Labute approximate surface area is 100 Å². The lowest BCUT2D eigenvalue weighted by molar-refractivity contribution is 0.192. The first-order valence-corrected chi connectivity index (χ1v) is 5.19. The van der Waals surface area contributed by atoms with Gasteiger partial charge in [-0.3, -0.25) is 0 Å². The zero-order valence-electron chi connectivity index (χ0n) is 7.71. The molecule has 5 heteroatoms. The van der Waals surface area contributed by atoms with E-state index in [-0.39, 0.29) is 0 Å². The summed E-state index contributed by atoms with van der Waals surface area (Å²) in [6, 6.07) is 3.76. The monoisotopic (exact) mass is 321 g/mol. The fourth-order valence-electron chi connectivity index (χ4n) is 1.17. The minimum atomic E-state index is -1.17. The number of hydrogen-bond acceptors (Lipinski definition) is 1. The quantitative estimate of drug-likeness (QED) is 0.664. The second-order valence-electron chi connectivity index (χ2n) is 2.87. The predicted octanol–water partition coefficient (Wildman–Crippen LogP) is 2.93. The van der Waals surface area contributed by atoms with Gasteiger partial charge in [0, 0.05) is 3.57 Å². The summed E-state index contributed by atoms with van der Waals surface area (Å²) in [6.07, 6.45) is 0.248. The molecule has 1 unspecified atom stereocenters. The first-order chi connectivity index (χ1) is 7.02. The Hall–Kier alpha value is -1.11. The lowest BCUT2D eigenvalue weighted by atomic mass is 10.1. The van der Waals surface area contributed by atoms with E-state index >= 15 is 0 Å². The van der Waals surface area contributed by atoms with Gasteiger partial charge in [-0.1, -0.05) is 6.08 Å². The van der Waals surface area contributed by atoms with Crippen LogP contribution in [0.25, 0.3) is 0 Å². The van der Waals surface area contributed by atoms with Crippen LogP contribution in [0.3, 0.4) is 0 Å². The van der Waals surface area contributed by atoms with E-state index in [1.165, 1.54) is 18.2 Å². The SMILES string of the molecule is C=CC(NC(=O)O)c1cc(F)cc(I)c1. The molecule has 0 saturated carbocycles. The van der Waals surface area contributed by atoms with Crippen molar-refractivity contribution in [2.75, 3.05) is 0 Å². The van der Waals surface area contributed by atoms with Crippen molar-refractivity contribution in [2.45, 2.75) is 6.04 Å². The van der Waals surface area contributed by atoms with E-state index < -0.39 is 18.0 Å². The van der Waals surface area contributed by atoms with Crippen LogP contribution in [0.5, 0.6) is 0 Å². The van der Waals surface area contributed by atoms with Crippen LogP contribution in [-0.4, -0.2) is 11.2 Å². The molecule has 80 valence electrons. The molecular formula is C10H9FINO2. The zero-order valence-corrected chi connectivity index (χ0v) is 9.86. The highest BCUT2D eigenvalue weighted by Crippen LogP contribution is 2.18. The molecule has 0 aliphatic carbocycles. The number of amides is 1. The zero-order chi connectivity index (χ0) is 11.4. The van der Waals surface area contributed by atoms with Gasteiger partial charge in [0.25, 0.3) is 0 Å². The molecule has 1 atom stereocenters. The van der Waals surface area contributed by atoms with Crippen LogP contribution in [0, 0.1) is 9.39 Å². The third-order valence-electron chi connectivity index (χ3n) is 1.76. The van der Waals surface area contributed by atoms with Crippen LogP contribution in [0.4, 0.5) is 9.18 Å². The Kier molecular flexibility index (Phi) is 4.07. The molecule has 3 nitrogen and oxygen atoms in total. The molecule has 1 rings (SSSR count). The molecule has 0 radical (unpaired) electrons. The Morgan fingerprint density at radius 2 is 2.27 bits per heavy atom. The molecular weight excluding hydrogens is 312 g/mol. The summed E-state index contributed by atoms with van der Waals surface area (Å²) in [5.41, 5.74) is 0.539. The Morgan fingerprint density at radius 1 is 1.60 bits per heavy atom. The Balaban J connectivity index is 3.00. The number of hydrogen-bond donors (Lipinski definition) is 2. The molecule has 0 aliphatic rings. The summed E-state index contributed by atoms with van der Waals surface area (Å²) < 4.78 is 13.8. The van der Waals surface area contributed by atoms with Gasteiger partial charge in [-0.05, 0) is 46.4 Å². The minimum absolute atomic E-state index is 0.393. The number of carboxylic acid groups (broad SMARTS) is 1. The molecule has 0 heterocycles. The molecule has 2 N–H and O–H groups in total. The molecule has 0 saturated heterocycles. The van der Waals surface area contributed by atoms with Gasteiger partial charge in [-0.2, -0.15) is 0 Å². The molecule has 0 aromatic heterocycles. The molecule has 1 aromatic carbocycles. The average molecular weight is 321 g/mol. The van der Waals surface area contributed by atoms with Crippen LogP contribution in [0.15, 0.2) is 30.9 Å². The van der Waals surface area contributed by atoms with Crippen molar-refractivity contribution in [3.63, 3.8) is 0 Å². The van der Waals surface area contributed by atoms with E-state index in [0.29, 0.717) is 9.13 Å². The van der Waals surface area contributed by atoms with E-state index in [9.17, 15) is 9.18 Å². The number of benzene rings is 1. The highest BCUT2D eigenvalue weighted by Gasteiger charge is 2.11. The van der Waals surface area contributed by atoms with Gasteiger partial charge in [-0.25, -0.2) is 9.18 Å². The fraction of sp³-hybridized carbons (Fsp3) is 0.100. The highest BCUT2D eigenvalue weighted by atomic mass is 127. The predicted molar refractivity (Wildman–Crippen MR) is 63.2 cm³/mol. The standard InChI is InChI=1S/C10H9FINO2/c1-2-9(13-10(14)15)6-3-7(11)5-8(12)4-6/h2-5,9,13H,1H2,(H,14,15). The second kappa shape index (κ2) is 5.11. The van der Waals surface area contributed by atoms with Crippen molar-refractivity contribution in [1.29, 1.82) is 0 Å². The molecule has 0 bridgehead atoms. The van der Waals surface area contributed by atoms with Gasteiger partial charge in [0.05, 0.1) is 6.04 Å². The lowest BCUT2D eigenvalue weighted by Gasteiger charge is -2.13. The van der Waals surface area contributed by atoms with Gasteiger partial charge < -0.3 is 10.4 Å². The first kappa shape index (κ1) is 12.0. The van der Waals surface area contributed by atoms with Crippen LogP contribution in [0.2, 0.25) is 0 Å². The maximum absolute atomic E-state index is 13.0. The molecule has 1 amide bonds. The van der Waals surface area contributed by atoms with E-state index in [0.717, 1.165) is 0 Å². The van der Waals surface area contributed by atoms with Crippen molar-refractivity contribution in [3.05, 3.63) is 45.8 Å². The van der Waals surface area contributed by atoms with E-state index in [1.807, 2.05) is 22.6 Å². The first-order valence-electron chi connectivity index (χ1n) is 4.11. The minimum Gasteiger partial charge on any atom is -0.465 e. The molecule has 0 spiro atoms. The number of carbonyl (C=O) groups is 1. The smallest absolute Gasteiger partial charge is 0.405 e. The molecule has 1 aromatic rings. The summed E-state index contributed by atoms with van der Waals surface area (Å²) >= 11 is 1.96. The normalized spacial score (nSPS) is 11.9. The van der Waals surface area contributed by atoms with Crippen LogP contribution < -0.4 is 5.32 Å². The highest BCUT2D eigenvalue weighted by molar-refractivity contribution is 14.1. The van der Waals surface area contributed by atoms with Crippen molar-refractivity contribution in [1.82, 2.24) is 5.32 Å². The Morgan fingerprint density at radius 3 is 2.73 bits per heavy atom. The van der Waals surface area contributed by atoms with Crippen LogP contribution in [-0.2, 0) is 0 Å². The van der Waals surface area contributed by atoms with Gasteiger partial charge in [-0.15, -0.1) is 6.58 Å². The van der Waals surface area contributed by atoms with E-state index in [4.69, 9.17) is 5.11 Å². The fourth-order valence-corrected chi connectivity index (χ4v) is 1.82. The molecule has 0 fully saturated rings. The summed E-state index contributed by atoms with van der Waals surface area (Å²) in [4.78, 5) is 10.5. The van der Waals surface area contributed by atoms with E-state index in [2.05, 4.69) is 11.9 Å². The van der Waals surface area contributed by atoms with Crippen molar-refractivity contribution in [3.8, 4) is 0 Å². The summed E-state index contributed by atoms with van der Waals surface area (Å²) in [5, 5.41) is 10.8. The van der Waals surface area contributed by atoms with Gasteiger partial charge in [0.1, 0.15) is 5.82 Å². The maximum atomic E-state index is 13.0. The molecule has 0 aliphatic heterocycles. The van der Waals surface area contributed by atoms with Crippen molar-refractivity contribution < 1.29 is 14.3 Å². The third kappa shape index (κ3) is 3.50. The second-order valence-corrected chi connectivity index (χ2v) is 4.11. The van der Waals surface area contributed by atoms with Crippen molar-refractivity contribution in [2.24, 2.45) is 0 Å². The number of halogens is 2. The van der Waals surface area contributed by atoms with E-state index in [1.54, 1.807) is 6.07 Å². The summed E-state index contributed by atoms with van der Waals surface area (Å²) in [5.74, 6) is -0.393. The average Bonchev–Trinajstić information content (AvgIpc) is 2.12. The third-order valence-corrected chi connectivity index (χ3v) is 2.38. The lowest BCUT2D eigenvalue weighted by Crippen LogP contribution is -2.25. The van der Waals surface area contributed by atoms with Gasteiger partial charge in [0.15, 0.2) is 0 Å². The number of nitrogens with one attached hydrogen (secondary N) is 1. The Bertz CT molecular complexity index is 375. The van der Waals surface area contributed by atoms with Crippen LogP contribution >= 0.6 is 22.6 Å². The number of rotatable bonds is 3.